The highest BCUT2D eigenvalue weighted by Crippen LogP contribution is 2.41. The van der Waals surface area contributed by atoms with Crippen molar-refractivity contribution in [1.82, 2.24) is 0 Å². The first-order valence-corrected chi connectivity index (χ1v) is 8.84. The number of unbranched alkanes of at least 4 members (excludes halogenated alkanes) is 4. The van der Waals surface area contributed by atoms with Crippen LogP contribution in [0.5, 0.6) is 0 Å². The van der Waals surface area contributed by atoms with Gasteiger partial charge in [-0.15, -0.1) is 0 Å². The standard InChI is InChI=1S/C18H38O/c1-5-9-13-17(19)18(14-10-6-2,15-11-7-3)16-12-8-4/h17,19H,5-16H2,1-4H3. The Labute approximate surface area is 122 Å². The Kier molecular flexibility index (Phi) is 11.7. The molecule has 0 heterocycles. The van der Waals surface area contributed by atoms with Gasteiger partial charge in [-0.05, 0) is 31.1 Å². The fraction of sp³-hybridized carbons (Fsp3) is 1.00. The van der Waals surface area contributed by atoms with Gasteiger partial charge in [-0.1, -0.05) is 79.1 Å². The molecule has 0 aromatic carbocycles. The number of hydrogen-bond donors (Lipinski definition) is 1. The van der Waals surface area contributed by atoms with Gasteiger partial charge < -0.3 is 5.11 Å². The predicted molar refractivity (Wildman–Crippen MR) is 86.5 cm³/mol. The van der Waals surface area contributed by atoms with Crippen LogP contribution in [0, 0.1) is 5.41 Å². The summed E-state index contributed by atoms with van der Waals surface area (Å²) in [5.41, 5.74) is 0.219. The highest BCUT2D eigenvalue weighted by molar-refractivity contribution is 4.86. The van der Waals surface area contributed by atoms with Crippen molar-refractivity contribution in [2.24, 2.45) is 5.41 Å². The zero-order chi connectivity index (χ0) is 14.6. The molecule has 0 saturated heterocycles. The molecule has 0 aliphatic heterocycles. The summed E-state index contributed by atoms with van der Waals surface area (Å²) in [5, 5.41) is 10.8. The summed E-state index contributed by atoms with van der Waals surface area (Å²) in [6.07, 6.45) is 14.6. The van der Waals surface area contributed by atoms with Crippen molar-refractivity contribution in [2.75, 3.05) is 0 Å². The van der Waals surface area contributed by atoms with E-state index in [1.807, 2.05) is 0 Å². The Morgan fingerprint density at radius 1 is 0.684 bits per heavy atom. The molecule has 0 radical (unpaired) electrons. The van der Waals surface area contributed by atoms with E-state index in [-0.39, 0.29) is 11.5 Å². The summed E-state index contributed by atoms with van der Waals surface area (Å²) in [6.45, 7) is 9.02. The zero-order valence-electron chi connectivity index (χ0n) is 14.0. The topological polar surface area (TPSA) is 20.2 Å². The number of hydrogen-bond acceptors (Lipinski definition) is 1. The average Bonchev–Trinajstić information content (AvgIpc) is 2.44. The summed E-state index contributed by atoms with van der Waals surface area (Å²) < 4.78 is 0. The van der Waals surface area contributed by atoms with E-state index in [0.717, 1.165) is 6.42 Å². The third-order valence-electron chi connectivity index (χ3n) is 4.62. The first-order chi connectivity index (χ1) is 9.16. The van der Waals surface area contributed by atoms with Gasteiger partial charge in [-0.2, -0.15) is 0 Å². The highest BCUT2D eigenvalue weighted by Gasteiger charge is 2.35. The van der Waals surface area contributed by atoms with E-state index in [2.05, 4.69) is 27.7 Å². The number of rotatable bonds is 13. The molecule has 0 saturated carbocycles. The molecule has 0 aromatic heterocycles. The predicted octanol–water partition coefficient (Wildman–Crippen LogP) is 6.09. The van der Waals surface area contributed by atoms with E-state index in [1.165, 1.54) is 70.6 Å². The number of aliphatic hydroxyl groups excluding tert-OH is 1. The molecule has 1 N–H and O–H groups in total. The first kappa shape index (κ1) is 19.0. The monoisotopic (exact) mass is 270 g/mol. The first-order valence-electron chi connectivity index (χ1n) is 8.84. The Morgan fingerprint density at radius 2 is 1.05 bits per heavy atom. The smallest absolute Gasteiger partial charge is 0.0596 e. The summed E-state index contributed by atoms with van der Waals surface area (Å²) in [7, 11) is 0. The van der Waals surface area contributed by atoms with Crippen LogP contribution in [0.3, 0.4) is 0 Å². The third-order valence-corrected chi connectivity index (χ3v) is 4.62. The molecule has 0 spiro atoms. The Hall–Kier alpha value is -0.0400. The van der Waals surface area contributed by atoms with Crippen molar-refractivity contribution < 1.29 is 5.11 Å². The lowest BCUT2D eigenvalue weighted by atomic mass is 9.69. The van der Waals surface area contributed by atoms with Crippen molar-refractivity contribution in [3.05, 3.63) is 0 Å². The van der Waals surface area contributed by atoms with Gasteiger partial charge in [0.2, 0.25) is 0 Å². The molecule has 0 aromatic rings. The van der Waals surface area contributed by atoms with Crippen LogP contribution >= 0.6 is 0 Å². The fourth-order valence-electron chi connectivity index (χ4n) is 3.17. The van der Waals surface area contributed by atoms with Gasteiger partial charge in [0.15, 0.2) is 0 Å². The van der Waals surface area contributed by atoms with Gasteiger partial charge in [-0.3, -0.25) is 0 Å². The Morgan fingerprint density at radius 3 is 1.37 bits per heavy atom. The minimum atomic E-state index is -0.0721. The molecular weight excluding hydrogens is 232 g/mol. The van der Waals surface area contributed by atoms with Crippen LogP contribution in [0.2, 0.25) is 0 Å². The summed E-state index contributed by atoms with van der Waals surface area (Å²) in [6, 6.07) is 0. The molecule has 0 amide bonds. The van der Waals surface area contributed by atoms with Crippen LogP contribution in [-0.2, 0) is 0 Å². The van der Waals surface area contributed by atoms with E-state index in [4.69, 9.17) is 0 Å². The second-order valence-corrected chi connectivity index (χ2v) is 6.33. The van der Waals surface area contributed by atoms with E-state index >= 15 is 0 Å². The lowest BCUT2D eigenvalue weighted by Crippen LogP contribution is -2.35. The lowest BCUT2D eigenvalue weighted by molar-refractivity contribution is -0.00774. The van der Waals surface area contributed by atoms with Gasteiger partial charge in [0, 0.05) is 0 Å². The van der Waals surface area contributed by atoms with Crippen LogP contribution in [0.4, 0.5) is 0 Å². The van der Waals surface area contributed by atoms with Gasteiger partial charge in [0.05, 0.1) is 6.10 Å². The summed E-state index contributed by atoms with van der Waals surface area (Å²) >= 11 is 0. The maximum Gasteiger partial charge on any atom is 0.0596 e. The summed E-state index contributed by atoms with van der Waals surface area (Å²) in [5.74, 6) is 0. The lowest BCUT2D eigenvalue weighted by Gasteiger charge is -2.39. The second kappa shape index (κ2) is 11.8. The van der Waals surface area contributed by atoms with Crippen LogP contribution in [0.25, 0.3) is 0 Å². The molecule has 1 heteroatoms. The second-order valence-electron chi connectivity index (χ2n) is 6.33. The maximum atomic E-state index is 10.8. The van der Waals surface area contributed by atoms with Crippen LogP contribution < -0.4 is 0 Å². The van der Waals surface area contributed by atoms with E-state index in [1.54, 1.807) is 0 Å². The van der Waals surface area contributed by atoms with Gasteiger partial charge >= 0.3 is 0 Å². The number of aliphatic hydroxyl groups is 1. The van der Waals surface area contributed by atoms with Crippen LogP contribution in [-0.4, -0.2) is 11.2 Å². The highest BCUT2D eigenvalue weighted by atomic mass is 16.3. The third kappa shape index (κ3) is 7.34. The molecule has 1 nitrogen and oxygen atoms in total. The quantitative estimate of drug-likeness (QED) is 0.429. The SMILES string of the molecule is CCCCC(O)C(CCCC)(CCCC)CCCC. The minimum absolute atomic E-state index is 0.0721. The normalized spacial score (nSPS) is 13.7. The van der Waals surface area contributed by atoms with Gasteiger partial charge in [0.25, 0.3) is 0 Å². The molecule has 0 aliphatic carbocycles. The van der Waals surface area contributed by atoms with Crippen molar-refractivity contribution in [2.45, 2.75) is 111 Å². The van der Waals surface area contributed by atoms with Crippen molar-refractivity contribution in [1.29, 1.82) is 0 Å². The van der Waals surface area contributed by atoms with Crippen LogP contribution in [0.15, 0.2) is 0 Å². The molecule has 0 bridgehead atoms. The zero-order valence-corrected chi connectivity index (χ0v) is 14.0. The fourth-order valence-corrected chi connectivity index (χ4v) is 3.17. The van der Waals surface area contributed by atoms with E-state index in [0.29, 0.717) is 0 Å². The Bertz CT molecular complexity index is 166. The molecule has 0 aliphatic rings. The van der Waals surface area contributed by atoms with Crippen molar-refractivity contribution >= 4 is 0 Å². The Balaban J connectivity index is 4.73. The maximum absolute atomic E-state index is 10.8. The molecular formula is C18H38O. The summed E-state index contributed by atoms with van der Waals surface area (Å²) in [4.78, 5) is 0. The molecule has 0 rings (SSSR count). The van der Waals surface area contributed by atoms with E-state index in [9.17, 15) is 5.11 Å². The molecule has 1 unspecified atom stereocenters. The van der Waals surface area contributed by atoms with Crippen molar-refractivity contribution in [3.63, 3.8) is 0 Å². The molecule has 116 valence electrons. The van der Waals surface area contributed by atoms with Gasteiger partial charge in [0.1, 0.15) is 0 Å². The van der Waals surface area contributed by atoms with Crippen molar-refractivity contribution in [3.8, 4) is 0 Å². The molecule has 0 fully saturated rings. The molecule has 19 heavy (non-hydrogen) atoms. The average molecular weight is 271 g/mol. The minimum Gasteiger partial charge on any atom is -0.393 e. The van der Waals surface area contributed by atoms with Crippen LogP contribution in [0.1, 0.15) is 105 Å². The van der Waals surface area contributed by atoms with E-state index < -0.39 is 0 Å². The van der Waals surface area contributed by atoms with Gasteiger partial charge in [-0.25, -0.2) is 0 Å². The largest absolute Gasteiger partial charge is 0.393 e. The molecule has 1 atom stereocenters.